The van der Waals surface area contributed by atoms with Gasteiger partial charge in [0.1, 0.15) is 11.9 Å². The summed E-state index contributed by atoms with van der Waals surface area (Å²) < 4.78 is 37.9. The second kappa shape index (κ2) is 13.4. The van der Waals surface area contributed by atoms with Crippen molar-refractivity contribution in [3.63, 3.8) is 0 Å². The summed E-state index contributed by atoms with van der Waals surface area (Å²) >= 11 is 0. The van der Waals surface area contributed by atoms with Crippen LogP contribution in [0.2, 0.25) is 0 Å². The van der Waals surface area contributed by atoms with Gasteiger partial charge in [-0.05, 0) is 43.1 Å². The van der Waals surface area contributed by atoms with Crippen LogP contribution in [-0.4, -0.2) is 79.4 Å². The highest BCUT2D eigenvalue weighted by atomic mass is 19.2. The highest BCUT2D eigenvalue weighted by Crippen LogP contribution is 2.35. The molecule has 0 aliphatic carbocycles. The van der Waals surface area contributed by atoms with E-state index in [1.54, 1.807) is 18.5 Å². The number of nitrogens with one attached hydrogen (secondary N) is 4. The first-order valence-corrected chi connectivity index (χ1v) is 12.7. The number of carbonyl (C=O) groups excluding carboxylic acids is 3. The minimum absolute atomic E-state index is 0.0000867. The first-order chi connectivity index (χ1) is 19.3. The maximum Gasteiger partial charge on any atom is 0.338 e. The van der Waals surface area contributed by atoms with Crippen molar-refractivity contribution in [2.45, 2.75) is 31.0 Å². The van der Waals surface area contributed by atoms with Gasteiger partial charge in [0.05, 0.1) is 31.0 Å². The van der Waals surface area contributed by atoms with Gasteiger partial charge in [0, 0.05) is 38.6 Å². The highest BCUT2D eigenvalue weighted by molar-refractivity contribution is 6.01. The SMILES string of the molecule is COCC1=C(C(=O)OC)[C@H](c2ccc(F)c(F)c2)N(C(=O)NCCNC2CCNC(c3ncccn3)C2)C(=O)N1. The van der Waals surface area contributed by atoms with Gasteiger partial charge in [0.2, 0.25) is 0 Å². The summed E-state index contributed by atoms with van der Waals surface area (Å²) in [5.41, 5.74) is -0.102. The summed E-state index contributed by atoms with van der Waals surface area (Å²) in [7, 11) is 2.48. The van der Waals surface area contributed by atoms with Gasteiger partial charge >= 0.3 is 18.0 Å². The number of urea groups is 2. The van der Waals surface area contributed by atoms with E-state index in [0.29, 0.717) is 12.4 Å². The Labute approximate surface area is 229 Å². The zero-order valence-corrected chi connectivity index (χ0v) is 22.1. The van der Waals surface area contributed by atoms with E-state index in [-0.39, 0.29) is 42.1 Å². The molecule has 0 bridgehead atoms. The number of nitrogens with zero attached hydrogens (tertiary/aromatic N) is 3. The van der Waals surface area contributed by atoms with Gasteiger partial charge < -0.3 is 30.7 Å². The van der Waals surface area contributed by atoms with Crippen LogP contribution in [0.3, 0.4) is 0 Å². The summed E-state index contributed by atoms with van der Waals surface area (Å²) in [5, 5.41) is 11.9. The minimum Gasteiger partial charge on any atom is -0.466 e. The molecule has 1 aromatic heterocycles. The van der Waals surface area contributed by atoms with Crippen molar-refractivity contribution in [2.75, 3.05) is 40.5 Å². The topological polar surface area (TPSA) is 147 Å². The maximum atomic E-state index is 14.2. The quantitative estimate of drug-likeness (QED) is 0.266. The summed E-state index contributed by atoms with van der Waals surface area (Å²) in [4.78, 5) is 48.5. The highest BCUT2D eigenvalue weighted by Gasteiger charge is 2.43. The number of esters is 1. The third kappa shape index (κ3) is 6.58. The Morgan fingerprint density at radius 1 is 1.15 bits per heavy atom. The number of halogens is 2. The van der Waals surface area contributed by atoms with Crippen LogP contribution in [0.4, 0.5) is 18.4 Å². The average Bonchev–Trinajstić information content (AvgIpc) is 2.96. The number of benzene rings is 1. The monoisotopic (exact) mass is 559 g/mol. The summed E-state index contributed by atoms with van der Waals surface area (Å²) in [6, 6.07) is 1.67. The zero-order chi connectivity index (χ0) is 28.6. The van der Waals surface area contributed by atoms with Gasteiger partial charge in [-0.1, -0.05) is 6.07 Å². The molecule has 214 valence electrons. The molecule has 12 nitrogen and oxygen atoms in total. The van der Waals surface area contributed by atoms with E-state index in [2.05, 4.69) is 31.2 Å². The summed E-state index contributed by atoms with van der Waals surface area (Å²) in [5.74, 6) is -2.48. The second-order valence-corrected chi connectivity index (χ2v) is 9.21. The Morgan fingerprint density at radius 3 is 2.62 bits per heavy atom. The fourth-order valence-corrected chi connectivity index (χ4v) is 4.80. The predicted octanol–water partition coefficient (Wildman–Crippen LogP) is 1.69. The molecule has 4 rings (SSSR count). The zero-order valence-electron chi connectivity index (χ0n) is 22.1. The molecular formula is C26H31F2N7O5. The van der Waals surface area contributed by atoms with Crippen molar-refractivity contribution in [3.05, 3.63) is 71.0 Å². The molecule has 1 saturated heterocycles. The lowest BCUT2D eigenvalue weighted by molar-refractivity contribution is -0.137. The molecule has 3 atom stereocenters. The third-order valence-electron chi connectivity index (χ3n) is 6.64. The van der Waals surface area contributed by atoms with Crippen LogP contribution >= 0.6 is 0 Å². The number of piperidine rings is 1. The van der Waals surface area contributed by atoms with Crippen molar-refractivity contribution in [1.82, 2.24) is 36.1 Å². The van der Waals surface area contributed by atoms with Crippen LogP contribution in [-0.2, 0) is 14.3 Å². The number of hydrogen-bond donors (Lipinski definition) is 4. The first kappa shape index (κ1) is 29.0. The Bertz CT molecular complexity index is 1260. The van der Waals surface area contributed by atoms with Gasteiger partial charge in [-0.3, -0.25) is 0 Å². The standard InChI is InChI=1S/C26H31F2N7O5/c1-39-14-20-21(24(36)40-2)22(15-4-5-17(27)18(28)12-15)35(26(38)34-20)25(37)33-11-10-29-16-6-9-30-19(13-16)23-31-7-3-8-32-23/h3-5,7-8,12,16,19,22,29-30H,6,9-11,13-14H2,1-2H3,(H,33,37)(H,34,38)/t16?,19?,22-/m0/s1. The van der Waals surface area contributed by atoms with Crippen LogP contribution < -0.4 is 21.3 Å². The smallest absolute Gasteiger partial charge is 0.338 e. The minimum atomic E-state index is -1.40. The summed E-state index contributed by atoms with van der Waals surface area (Å²) in [6.07, 6.45) is 5.00. The van der Waals surface area contributed by atoms with Gasteiger partial charge in [-0.2, -0.15) is 0 Å². The van der Waals surface area contributed by atoms with Crippen LogP contribution in [0.25, 0.3) is 0 Å². The van der Waals surface area contributed by atoms with Crippen molar-refractivity contribution in [3.8, 4) is 0 Å². The van der Waals surface area contributed by atoms with Crippen molar-refractivity contribution < 1.29 is 32.6 Å². The van der Waals surface area contributed by atoms with E-state index < -0.39 is 35.7 Å². The Hall–Kier alpha value is -4.01. The molecule has 3 heterocycles. The van der Waals surface area contributed by atoms with Crippen molar-refractivity contribution in [1.29, 1.82) is 0 Å². The van der Waals surface area contributed by atoms with Gasteiger partial charge in [-0.15, -0.1) is 0 Å². The number of imide groups is 1. The normalized spacial score (nSPS) is 21.1. The van der Waals surface area contributed by atoms with Crippen LogP contribution in [0.15, 0.2) is 47.9 Å². The number of ether oxygens (including phenoxy) is 2. The third-order valence-corrected chi connectivity index (χ3v) is 6.64. The van der Waals surface area contributed by atoms with E-state index in [1.165, 1.54) is 13.2 Å². The van der Waals surface area contributed by atoms with E-state index in [9.17, 15) is 23.2 Å². The Balaban J connectivity index is 1.47. The van der Waals surface area contributed by atoms with Gasteiger partial charge in [0.15, 0.2) is 11.6 Å². The number of amides is 4. The first-order valence-electron chi connectivity index (χ1n) is 12.7. The van der Waals surface area contributed by atoms with E-state index in [1.807, 2.05) is 0 Å². The molecule has 1 aromatic carbocycles. The molecule has 2 aliphatic rings. The molecular weight excluding hydrogens is 528 g/mol. The number of rotatable bonds is 9. The number of hydrogen-bond acceptors (Lipinski definition) is 9. The molecule has 0 saturated carbocycles. The van der Waals surface area contributed by atoms with Crippen LogP contribution in [0.1, 0.15) is 36.3 Å². The molecule has 1 fully saturated rings. The number of aromatic nitrogens is 2. The maximum absolute atomic E-state index is 14.2. The van der Waals surface area contributed by atoms with Crippen molar-refractivity contribution >= 4 is 18.0 Å². The molecule has 2 aliphatic heterocycles. The van der Waals surface area contributed by atoms with Crippen LogP contribution in [0.5, 0.6) is 0 Å². The molecule has 4 amide bonds. The van der Waals surface area contributed by atoms with E-state index in [0.717, 1.165) is 43.5 Å². The van der Waals surface area contributed by atoms with E-state index >= 15 is 0 Å². The van der Waals surface area contributed by atoms with Crippen LogP contribution in [0, 0.1) is 11.6 Å². The summed E-state index contributed by atoms with van der Waals surface area (Å²) in [6.45, 7) is 1.11. The number of carbonyl (C=O) groups is 3. The lowest BCUT2D eigenvalue weighted by atomic mass is 9.93. The van der Waals surface area contributed by atoms with Crippen molar-refractivity contribution in [2.24, 2.45) is 0 Å². The molecule has 0 radical (unpaired) electrons. The number of methoxy groups -OCH3 is 2. The molecule has 14 heteroatoms. The fraction of sp³-hybridized carbons (Fsp3) is 0.423. The molecule has 2 unspecified atom stereocenters. The fourth-order valence-electron chi connectivity index (χ4n) is 4.80. The average molecular weight is 560 g/mol. The largest absolute Gasteiger partial charge is 0.466 e. The second-order valence-electron chi connectivity index (χ2n) is 9.21. The van der Waals surface area contributed by atoms with Gasteiger partial charge in [-0.25, -0.2) is 38.0 Å². The van der Waals surface area contributed by atoms with Gasteiger partial charge in [0.25, 0.3) is 0 Å². The lowest BCUT2D eigenvalue weighted by Gasteiger charge is -2.36. The lowest BCUT2D eigenvalue weighted by Crippen LogP contribution is -2.56. The van der Waals surface area contributed by atoms with E-state index in [4.69, 9.17) is 9.47 Å². The molecule has 2 aromatic rings. The predicted molar refractivity (Wildman–Crippen MR) is 138 cm³/mol. The molecule has 0 spiro atoms. The molecule has 40 heavy (non-hydrogen) atoms. The Kier molecular flexibility index (Phi) is 9.69. The molecule has 4 N–H and O–H groups in total. The Morgan fingerprint density at radius 2 is 1.93 bits per heavy atom.